The number of benzene rings is 1. The molecule has 0 fully saturated rings. The van der Waals surface area contributed by atoms with E-state index in [1.54, 1.807) is 6.92 Å². The van der Waals surface area contributed by atoms with Crippen molar-refractivity contribution in [3.05, 3.63) is 23.3 Å². The third-order valence-corrected chi connectivity index (χ3v) is 2.82. The van der Waals surface area contributed by atoms with E-state index in [0.29, 0.717) is 25.0 Å². The predicted molar refractivity (Wildman–Crippen MR) is 64.4 cm³/mol. The van der Waals surface area contributed by atoms with Crippen LogP contribution in [0.4, 0.5) is 13.2 Å². The number of halogens is 3. The molecule has 1 aliphatic heterocycles. The first kappa shape index (κ1) is 14.0. The van der Waals surface area contributed by atoms with Crippen LogP contribution in [0.3, 0.4) is 0 Å². The summed E-state index contributed by atoms with van der Waals surface area (Å²) in [6.07, 6.45) is -3.45. The highest BCUT2D eigenvalue weighted by molar-refractivity contribution is 5.53. The Balaban J connectivity index is 2.51. The van der Waals surface area contributed by atoms with E-state index in [2.05, 4.69) is 0 Å². The Hall–Kier alpha value is -1.43. The van der Waals surface area contributed by atoms with E-state index in [4.69, 9.17) is 15.2 Å². The van der Waals surface area contributed by atoms with Crippen LogP contribution in [-0.4, -0.2) is 19.3 Å². The van der Waals surface area contributed by atoms with E-state index in [-0.39, 0.29) is 24.1 Å². The molecular formula is C13H16F3NO2. The lowest BCUT2D eigenvalue weighted by Crippen LogP contribution is -2.19. The molecule has 1 heterocycles. The molecule has 1 unspecified atom stereocenters. The maximum atomic E-state index is 12.9. The van der Waals surface area contributed by atoms with Crippen LogP contribution in [0.1, 0.15) is 24.5 Å². The summed E-state index contributed by atoms with van der Waals surface area (Å²) < 4.78 is 49.5. The summed E-state index contributed by atoms with van der Waals surface area (Å²) >= 11 is 0. The van der Waals surface area contributed by atoms with Crippen LogP contribution in [0, 0.1) is 0 Å². The number of ether oxygens (including phenoxy) is 2. The number of fused-ring (bicyclic) bond motifs is 1. The topological polar surface area (TPSA) is 44.5 Å². The lowest BCUT2D eigenvalue weighted by molar-refractivity contribution is -0.139. The minimum absolute atomic E-state index is 0.160. The summed E-state index contributed by atoms with van der Waals surface area (Å²) in [5, 5.41) is 0. The van der Waals surface area contributed by atoms with Gasteiger partial charge in [-0.2, -0.15) is 13.2 Å². The van der Waals surface area contributed by atoms with Crippen LogP contribution in [0.5, 0.6) is 11.5 Å². The molecule has 1 aromatic carbocycles. The van der Waals surface area contributed by atoms with Crippen molar-refractivity contribution in [2.75, 3.05) is 13.2 Å². The highest BCUT2D eigenvalue weighted by Gasteiger charge is 2.37. The normalized spacial score (nSPS) is 16.9. The molecule has 2 rings (SSSR count). The van der Waals surface area contributed by atoms with Crippen molar-refractivity contribution in [2.24, 2.45) is 5.73 Å². The zero-order valence-corrected chi connectivity index (χ0v) is 10.6. The van der Waals surface area contributed by atoms with Gasteiger partial charge in [0.05, 0.1) is 13.2 Å². The zero-order valence-electron chi connectivity index (χ0n) is 10.6. The van der Waals surface area contributed by atoms with Gasteiger partial charge in [0.15, 0.2) is 11.5 Å². The van der Waals surface area contributed by atoms with Gasteiger partial charge >= 0.3 is 6.18 Å². The highest BCUT2D eigenvalue weighted by atomic mass is 19.4. The van der Waals surface area contributed by atoms with Crippen LogP contribution < -0.4 is 15.2 Å². The summed E-state index contributed by atoms with van der Waals surface area (Å²) in [6, 6.07) is 2.29. The fourth-order valence-corrected chi connectivity index (χ4v) is 2.04. The second-order valence-electron chi connectivity index (χ2n) is 4.66. The molecule has 0 aliphatic carbocycles. The largest absolute Gasteiger partial charge is 0.489 e. The van der Waals surface area contributed by atoms with Gasteiger partial charge in [0.2, 0.25) is 0 Å². The standard InChI is InChI=1S/C13H16F3NO2/c1-8(17)7-9-3-4-10(13(14,15)16)12-11(9)18-5-2-6-19-12/h3-4,8H,2,5-7,17H2,1H3. The fraction of sp³-hybridized carbons (Fsp3) is 0.538. The zero-order chi connectivity index (χ0) is 14.0. The smallest absolute Gasteiger partial charge is 0.420 e. The summed E-state index contributed by atoms with van der Waals surface area (Å²) in [6.45, 7) is 2.36. The van der Waals surface area contributed by atoms with E-state index in [1.807, 2.05) is 0 Å². The van der Waals surface area contributed by atoms with E-state index >= 15 is 0 Å². The van der Waals surface area contributed by atoms with Crippen LogP contribution in [-0.2, 0) is 12.6 Å². The molecule has 6 heteroatoms. The molecular weight excluding hydrogens is 259 g/mol. The Labute approximate surface area is 109 Å². The minimum Gasteiger partial charge on any atom is -0.489 e. The van der Waals surface area contributed by atoms with Crippen LogP contribution >= 0.6 is 0 Å². The van der Waals surface area contributed by atoms with Crippen molar-refractivity contribution >= 4 is 0 Å². The fourth-order valence-electron chi connectivity index (χ4n) is 2.04. The van der Waals surface area contributed by atoms with Crippen molar-refractivity contribution in [1.29, 1.82) is 0 Å². The number of rotatable bonds is 2. The second-order valence-corrected chi connectivity index (χ2v) is 4.66. The van der Waals surface area contributed by atoms with E-state index in [9.17, 15) is 13.2 Å². The monoisotopic (exact) mass is 275 g/mol. The Morgan fingerprint density at radius 2 is 1.84 bits per heavy atom. The quantitative estimate of drug-likeness (QED) is 0.902. The number of alkyl halides is 3. The third-order valence-electron chi connectivity index (χ3n) is 2.82. The van der Waals surface area contributed by atoms with Crippen LogP contribution in [0.25, 0.3) is 0 Å². The van der Waals surface area contributed by atoms with Crippen molar-refractivity contribution in [1.82, 2.24) is 0 Å². The first-order valence-electron chi connectivity index (χ1n) is 6.14. The molecule has 106 valence electrons. The van der Waals surface area contributed by atoms with Gasteiger partial charge in [0.1, 0.15) is 5.56 Å². The molecule has 1 aliphatic rings. The summed E-state index contributed by atoms with van der Waals surface area (Å²) in [5.74, 6) is -0.0206. The average Bonchev–Trinajstić information content (AvgIpc) is 2.52. The first-order chi connectivity index (χ1) is 8.89. The number of hydrogen-bond donors (Lipinski definition) is 1. The molecule has 1 atom stereocenters. The molecule has 19 heavy (non-hydrogen) atoms. The Bertz CT molecular complexity index is 458. The highest BCUT2D eigenvalue weighted by Crippen LogP contribution is 2.44. The molecule has 0 saturated carbocycles. The maximum absolute atomic E-state index is 12.9. The van der Waals surface area contributed by atoms with E-state index < -0.39 is 11.7 Å². The van der Waals surface area contributed by atoms with Crippen molar-refractivity contribution in [2.45, 2.75) is 32.0 Å². The van der Waals surface area contributed by atoms with Crippen LogP contribution in [0.2, 0.25) is 0 Å². The van der Waals surface area contributed by atoms with Gasteiger partial charge in [-0.3, -0.25) is 0 Å². The van der Waals surface area contributed by atoms with Gasteiger partial charge in [-0.1, -0.05) is 6.07 Å². The number of hydrogen-bond acceptors (Lipinski definition) is 3. The van der Waals surface area contributed by atoms with Gasteiger partial charge in [-0.25, -0.2) is 0 Å². The molecule has 0 radical (unpaired) electrons. The molecule has 0 amide bonds. The summed E-state index contributed by atoms with van der Waals surface area (Å²) in [5.41, 5.74) is 5.56. The molecule has 0 aromatic heterocycles. The predicted octanol–water partition coefficient (Wildman–Crippen LogP) is 2.76. The van der Waals surface area contributed by atoms with Crippen molar-refractivity contribution < 1.29 is 22.6 Å². The first-order valence-corrected chi connectivity index (χ1v) is 6.14. The Morgan fingerprint density at radius 3 is 2.42 bits per heavy atom. The van der Waals surface area contributed by atoms with Gasteiger partial charge in [0.25, 0.3) is 0 Å². The second kappa shape index (κ2) is 5.28. The summed E-state index contributed by atoms with van der Waals surface area (Å²) in [7, 11) is 0. The number of nitrogens with two attached hydrogens (primary N) is 1. The van der Waals surface area contributed by atoms with E-state index in [1.165, 1.54) is 6.07 Å². The maximum Gasteiger partial charge on any atom is 0.420 e. The minimum atomic E-state index is -4.45. The van der Waals surface area contributed by atoms with Gasteiger partial charge in [-0.05, 0) is 25.0 Å². The molecule has 0 saturated heterocycles. The van der Waals surface area contributed by atoms with Gasteiger partial charge in [-0.15, -0.1) is 0 Å². The Morgan fingerprint density at radius 1 is 1.21 bits per heavy atom. The van der Waals surface area contributed by atoms with Gasteiger partial charge < -0.3 is 15.2 Å². The third kappa shape index (κ3) is 3.12. The molecule has 1 aromatic rings. The van der Waals surface area contributed by atoms with Crippen LogP contribution in [0.15, 0.2) is 12.1 Å². The van der Waals surface area contributed by atoms with Crippen molar-refractivity contribution in [3.8, 4) is 11.5 Å². The lowest BCUT2D eigenvalue weighted by Gasteiger charge is -2.18. The molecule has 3 nitrogen and oxygen atoms in total. The average molecular weight is 275 g/mol. The SMILES string of the molecule is CC(N)Cc1ccc(C(F)(F)F)c2c1OCCCO2. The molecule has 0 bridgehead atoms. The van der Waals surface area contributed by atoms with Crippen molar-refractivity contribution in [3.63, 3.8) is 0 Å². The lowest BCUT2D eigenvalue weighted by atomic mass is 10.0. The Kier molecular flexibility index (Phi) is 3.89. The molecule has 2 N–H and O–H groups in total. The van der Waals surface area contributed by atoms with E-state index in [0.717, 1.165) is 6.07 Å². The molecule has 0 spiro atoms. The van der Waals surface area contributed by atoms with Gasteiger partial charge in [0, 0.05) is 12.5 Å². The summed E-state index contributed by atoms with van der Waals surface area (Å²) in [4.78, 5) is 0.